The van der Waals surface area contributed by atoms with Crippen LogP contribution in [0.25, 0.3) is 0 Å². The van der Waals surface area contributed by atoms with Gasteiger partial charge in [0.15, 0.2) is 9.84 Å². The molecule has 2 aromatic carbocycles. The number of hydrogen-bond donors (Lipinski definition) is 1. The van der Waals surface area contributed by atoms with Gasteiger partial charge in [0.1, 0.15) is 5.82 Å². The molecule has 1 fully saturated rings. The van der Waals surface area contributed by atoms with E-state index in [1.54, 1.807) is 17.0 Å². The molecule has 9 heteroatoms. The zero-order valence-corrected chi connectivity index (χ0v) is 18.5. The van der Waals surface area contributed by atoms with Gasteiger partial charge in [-0.25, -0.2) is 12.8 Å². The van der Waals surface area contributed by atoms with E-state index in [1.807, 2.05) is 0 Å². The second-order valence-electron chi connectivity index (χ2n) is 8.04. The first-order valence-corrected chi connectivity index (χ1v) is 12.0. The second-order valence-corrected chi connectivity index (χ2v) is 10.8. The van der Waals surface area contributed by atoms with Crippen molar-refractivity contribution in [2.45, 2.75) is 42.8 Å². The Morgan fingerprint density at radius 2 is 1.97 bits per heavy atom. The Labute approximate surface area is 185 Å². The van der Waals surface area contributed by atoms with Crippen LogP contribution in [0.4, 0.5) is 15.8 Å². The van der Waals surface area contributed by atoms with Crippen molar-refractivity contribution < 1.29 is 22.4 Å². The number of nitrogens with one attached hydrogen (secondary N) is 1. The quantitative estimate of drug-likeness (QED) is 0.701. The summed E-state index contributed by atoms with van der Waals surface area (Å²) in [6.45, 7) is 2.03. The normalized spacial score (nSPS) is 16.7. The van der Waals surface area contributed by atoms with E-state index in [9.17, 15) is 22.4 Å². The van der Waals surface area contributed by atoms with Gasteiger partial charge in [0, 0.05) is 24.6 Å². The van der Waals surface area contributed by atoms with Gasteiger partial charge in [-0.05, 0) is 68.1 Å². The van der Waals surface area contributed by atoms with E-state index in [0.29, 0.717) is 13.0 Å². The standard InChI is InChI=1S/C22H22ClFN2O4S/c1-13(10-21(27)25-19-6-4-16(24)12-18(19)23)31(29,30)17-5-7-20-15(11-17)8-9-26(20)22(28)14-2-3-14/h4-7,11-14H,2-3,8-10H2,1H3,(H,25,27)/t13-/m0/s1. The van der Waals surface area contributed by atoms with Gasteiger partial charge in [-0.2, -0.15) is 0 Å². The van der Waals surface area contributed by atoms with Gasteiger partial charge in [0.05, 0.1) is 20.9 Å². The first-order chi connectivity index (χ1) is 14.7. The maximum atomic E-state index is 13.1. The highest BCUT2D eigenvalue weighted by Gasteiger charge is 2.37. The largest absolute Gasteiger partial charge is 0.325 e. The number of nitrogens with zero attached hydrogens (tertiary/aromatic N) is 1. The molecule has 0 radical (unpaired) electrons. The number of anilines is 2. The van der Waals surface area contributed by atoms with Crippen molar-refractivity contribution in [1.82, 2.24) is 0 Å². The molecule has 1 saturated carbocycles. The molecule has 0 bridgehead atoms. The fourth-order valence-corrected chi connectivity index (χ4v) is 5.34. The lowest BCUT2D eigenvalue weighted by atomic mass is 10.2. The van der Waals surface area contributed by atoms with E-state index in [-0.39, 0.29) is 33.9 Å². The number of amides is 2. The predicted octanol–water partition coefficient (Wildman–Crippen LogP) is 3.97. The van der Waals surface area contributed by atoms with Gasteiger partial charge in [-0.3, -0.25) is 9.59 Å². The number of rotatable bonds is 6. The maximum absolute atomic E-state index is 13.1. The molecule has 31 heavy (non-hydrogen) atoms. The Morgan fingerprint density at radius 1 is 1.23 bits per heavy atom. The SMILES string of the molecule is C[C@@H](CC(=O)Nc1ccc(F)cc1Cl)S(=O)(=O)c1ccc2c(c1)CCN2C(=O)C1CC1. The van der Waals surface area contributed by atoms with Crippen molar-refractivity contribution in [3.05, 3.63) is 52.8 Å². The maximum Gasteiger partial charge on any atom is 0.230 e. The molecule has 0 saturated heterocycles. The fraction of sp³-hybridized carbons (Fsp3) is 0.364. The minimum absolute atomic E-state index is 0.0350. The molecule has 2 amide bonds. The van der Waals surface area contributed by atoms with Crippen LogP contribution in [0.3, 0.4) is 0 Å². The third kappa shape index (κ3) is 4.45. The Balaban J connectivity index is 1.46. The number of carbonyl (C=O) groups is 2. The molecule has 1 aliphatic heterocycles. The van der Waals surface area contributed by atoms with Crippen molar-refractivity contribution in [3.63, 3.8) is 0 Å². The highest BCUT2D eigenvalue weighted by Crippen LogP contribution is 2.37. The number of sulfone groups is 1. The van der Waals surface area contributed by atoms with Crippen LogP contribution < -0.4 is 10.2 Å². The van der Waals surface area contributed by atoms with Gasteiger partial charge in [0.2, 0.25) is 11.8 Å². The molecule has 1 atom stereocenters. The van der Waals surface area contributed by atoms with E-state index in [4.69, 9.17) is 11.6 Å². The topological polar surface area (TPSA) is 83.6 Å². The molecule has 4 rings (SSSR count). The number of fused-ring (bicyclic) bond motifs is 1. The van der Waals surface area contributed by atoms with Crippen LogP contribution >= 0.6 is 11.6 Å². The molecule has 1 N–H and O–H groups in total. The van der Waals surface area contributed by atoms with E-state index >= 15 is 0 Å². The van der Waals surface area contributed by atoms with Crippen LogP contribution in [0, 0.1) is 11.7 Å². The number of benzene rings is 2. The molecule has 0 unspecified atom stereocenters. The Kier molecular flexibility index (Phi) is 5.79. The van der Waals surface area contributed by atoms with Gasteiger partial charge in [-0.15, -0.1) is 0 Å². The summed E-state index contributed by atoms with van der Waals surface area (Å²) in [5.74, 6) is -0.860. The number of halogens is 2. The minimum atomic E-state index is -3.76. The fourth-order valence-electron chi connectivity index (χ4n) is 3.73. The first kappa shape index (κ1) is 21.8. The van der Waals surface area contributed by atoms with Crippen molar-refractivity contribution in [2.75, 3.05) is 16.8 Å². The Hall–Kier alpha value is -2.45. The van der Waals surface area contributed by atoms with Crippen LogP contribution in [0.1, 0.15) is 31.7 Å². The molecular weight excluding hydrogens is 443 g/mol. The van der Waals surface area contributed by atoms with E-state index in [0.717, 1.165) is 36.2 Å². The highest BCUT2D eigenvalue weighted by atomic mass is 35.5. The monoisotopic (exact) mass is 464 g/mol. The van der Waals surface area contributed by atoms with Crippen molar-refractivity contribution in [3.8, 4) is 0 Å². The third-order valence-corrected chi connectivity index (χ3v) is 8.13. The highest BCUT2D eigenvalue weighted by molar-refractivity contribution is 7.92. The van der Waals surface area contributed by atoms with Gasteiger partial charge >= 0.3 is 0 Å². The van der Waals surface area contributed by atoms with E-state index in [2.05, 4.69) is 5.32 Å². The average molecular weight is 465 g/mol. The second kappa shape index (κ2) is 8.24. The number of hydrogen-bond acceptors (Lipinski definition) is 4. The Bertz CT molecular complexity index is 1160. The Morgan fingerprint density at radius 3 is 2.65 bits per heavy atom. The molecule has 0 spiro atoms. The smallest absolute Gasteiger partial charge is 0.230 e. The summed E-state index contributed by atoms with van der Waals surface area (Å²) < 4.78 is 39.2. The summed E-state index contributed by atoms with van der Waals surface area (Å²) in [5, 5.41) is 1.58. The zero-order valence-electron chi connectivity index (χ0n) is 16.9. The molecule has 0 aromatic heterocycles. The molecule has 6 nitrogen and oxygen atoms in total. The third-order valence-electron chi connectivity index (χ3n) is 5.68. The predicted molar refractivity (Wildman–Crippen MR) is 117 cm³/mol. The summed E-state index contributed by atoms with van der Waals surface area (Å²) in [6.07, 6.45) is 2.16. The molecule has 1 aliphatic carbocycles. The van der Waals surface area contributed by atoms with Gasteiger partial charge in [-0.1, -0.05) is 11.6 Å². The molecule has 2 aromatic rings. The van der Waals surface area contributed by atoms with Crippen molar-refractivity contribution in [1.29, 1.82) is 0 Å². The average Bonchev–Trinajstić information content (AvgIpc) is 3.48. The van der Waals surface area contributed by atoms with E-state index in [1.165, 1.54) is 19.1 Å². The minimum Gasteiger partial charge on any atom is -0.325 e. The summed E-state index contributed by atoms with van der Waals surface area (Å²) in [7, 11) is -3.76. The summed E-state index contributed by atoms with van der Waals surface area (Å²) in [5.41, 5.74) is 1.81. The lowest BCUT2D eigenvalue weighted by molar-refractivity contribution is -0.119. The molecule has 2 aliphatic rings. The van der Waals surface area contributed by atoms with Crippen molar-refractivity contribution in [2.24, 2.45) is 5.92 Å². The summed E-state index contributed by atoms with van der Waals surface area (Å²) >= 11 is 5.91. The van der Waals surface area contributed by atoms with Crippen LogP contribution in [-0.4, -0.2) is 32.0 Å². The zero-order chi connectivity index (χ0) is 22.3. The van der Waals surface area contributed by atoms with Crippen LogP contribution in [0.5, 0.6) is 0 Å². The molecule has 164 valence electrons. The first-order valence-electron chi connectivity index (χ1n) is 10.1. The lowest BCUT2D eigenvalue weighted by Crippen LogP contribution is -2.30. The van der Waals surface area contributed by atoms with E-state index < -0.39 is 26.8 Å². The van der Waals surface area contributed by atoms with Gasteiger partial charge in [0.25, 0.3) is 0 Å². The summed E-state index contributed by atoms with van der Waals surface area (Å²) in [6, 6.07) is 8.33. The molecule has 1 heterocycles. The van der Waals surface area contributed by atoms with Crippen LogP contribution in [-0.2, 0) is 25.8 Å². The number of carbonyl (C=O) groups excluding carboxylic acids is 2. The van der Waals surface area contributed by atoms with Gasteiger partial charge < -0.3 is 10.2 Å². The lowest BCUT2D eigenvalue weighted by Gasteiger charge is -2.18. The summed E-state index contributed by atoms with van der Waals surface area (Å²) in [4.78, 5) is 26.6. The molecular formula is C22H22ClFN2O4S. The van der Waals surface area contributed by atoms with Crippen LogP contribution in [0.15, 0.2) is 41.3 Å². The van der Waals surface area contributed by atoms with Crippen LogP contribution in [0.2, 0.25) is 5.02 Å². The van der Waals surface area contributed by atoms with Crippen molar-refractivity contribution >= 4 is 44.6 Å².